The summed E-state index contributed by atoms with van der Waals surface area (Å²) in [4.78, 5) is 16.1. The second kappa shape index (κ2) is 6.53. The first-order valence-corrected chi connectivity index (χ1v) is 7.41. The van der Waals surface area contributed by atoms with Crippen LogP contribution >= 0.6 is 15.9 Å². The van der Waals surface area contributed by atoms with Gasteiger partial charge in [0.25, 0.3) is 5.91 Å². The third kappa shape index (κ3) is 3.40. The second-order valence-corrected chi connectivity index (χ2v) is 5.54. The van der Waals surface area contributed by atoms with Crippen LogP contribution in [0.25, 0.3) is 11.3 Å². The minimum atomic E-state index is -0.282. The predicted molar refractivity (Wildman–Crippen MR) is 85.0 cm³/mol. The van der Waals surface area contributed by atoms with E-state index in [9.17, 15) is 4.79 Å². The minimum absolute atomic E-state index is 0.252. The van der Waals surface area contributed by atoms with Crippen LogP contribution in [-0.2, 0) is 6.54 Å². The molecule has 0 atom stereocenters. The molecule has 0 aliphatic heterocycles. The van der Waals surface area contributed by atoms with Crippen LogP contribution in [-0.4, -0.2) is 16.0 Å². The molecule has 2 heterocycles. The normalized spacial score (nSPS) is 10.4. The van der Waals surface area contributed by atoms with Gasteiger partial charge in [0, 0.05) is 35.0 Å². The van der Waals surface area contributed by atoms with Gasteiger partial charge in [0.1, 0.15) is 0 Å². The number of amides is 1. The smallest absolute Gasteiger partial charge is 0.273 e. The molecule has 0 bridgehead atoms. The second-order valence-electron chi connectivity index (χ2n) is 4.63. The topological polar surface area (TPSA) is 68.0 Å². The van der Waals surface area contributed by atoms with Crippen LogP contribution in [0.5, 0.6) is 0 Å². The van der Waals surface area contributed by atoms with E-state index in [4.69, 9.17) is 4.52 Å². The molecule has 0 saturated carbocycles. The van der Waals surface area contributed by atoms with Gasteiger partial charge < -0.3 is 9.84 Å². The predicted octanol–water partition coefficient (Wildman–Crippen LogP) is 3.43. The van der Waals surface area contributed by atoms with Gasteiger partial charge in [-0.2, -0.15) is 0 Å². The van der Waals surface area contributed by atoms with E-state index >= 15 is 0 Å². The minimum Gasteiger partial charge on any atom is -0.355 e. The molecule has 0 fully saturated rings. The van der Waals surface area contributed by atoms with E-state index in [1.807, 2.05) is 36.4 Å². The summed E-state index contributed by atoms with van der Waals surface area (Å²) in [7, 11) is 0. The van der Waals surface area contributed by atoms with Crippen molar-refractivity contribution in [2.75, 3.05) is 0 Å². The highest BCUT2D eigenvalue weighted by atomic mass is 79.9. The van der Waals surface area contributed by atoms with Gasteiger partial charge in [0.15, 0.2) is 11.5 Å². The van der Waals surface area contributed by atoms with Crippen LogP contribution in [0, 0.1) is 0 Å². The fourth-order valence-electron chi connectivity index (χ4n) is 1.91. The summed E-state index contributed by atoms with van der Waals surface area (Å²) in [5, 5.41) is 6.59. The van der Waals surface area contributed by atoms with Crippen molar-refractivity contribution >= 4 is 21.8 Å². The van der Waals surface area contributed by atoms with Crippen LogP contribution in [0.4, 0.5) is 0 Å². The van der Waals surface area contributed by atoms with Gasteiger partial charge in [-0.1, -0.05) is 39.3 Å². The van der Waals surface area contributed by atoms with Crippen molar-refractivity contribution in [3.05, 3.63) is 70.6 Å². The quantitative estimate of drug-likeness (QED) is 0.776. The zero-order valence-electron chi connectivity index (χ0n) is 11.5. The number of hydrogen-bond acceptors (Lipinski definition) is 4. The maximum Gasteiger partial charge on any atom is 0.273 e. The van der Waals surface area contributed by atoms with Crippen molar-refractivity contribution in [2.45, 2.75) is 6.54 Å². The van der Waals surface area contributed by atoms with Gasteiger partial charge in [0.2, 0.25) is 0 Å². The summed E-state index contributed by atoms with van der Waals surface area (Å²) < 4.78 is 6.20. The molecular weight excluding hydrogens is 346 g/mol. The summed E-state index contributed by atoms with van der Waals surface area (Å²) in [6.45, 7) is 0.396. The molecule has 1 N–H and O–H groups in total. The maximum absolute atomic E-state index is 12.1. The fourth-order valence-corrected chi connectivity index (χ4v) is 2.17. The van der Waals surface area contributed by atoms with Crippen molar-refractivity contribution in [2.24, 2.45) is 0 Å². The Bertz CT molecular complexity index is 770. The number of nitrogens with one attached hydrogen (secondary N) is 1. The molecule has 0 spiro atoms. The van der Waals surface area contributed by atoms with E-state index in [-0.39, 0.29) is 11.6 Å². The van der Waals surface area contributed by atoms with Crippen LogP contribution < -0.4 is 5.32 Å². The lowest BCUT2D eigenvalue weighted by Crippen LogP contribution is -2.23. The Balaban J connectivity index is 1.68. The SMILES string of the molecule is O=C(NCc1cccnc1)c1cc(-c2ccc(Br)cc2)on1. The van der Waals surface area contributed by atoms with Gasteiger partial charge in [-0.3, -0.25) is 9.78 Å². The number of hydrogen-bond donors (Lipinski definition) is 1. The van der Waals surface area contributed by atoms with Crippen molar-refractivity contribution < 1.29 is 9.32 Å². The third-order valence-electron chi connectivity index (χ3n) is 3.05. The number of nitrogens with zero attached hydrogens (tertiary/aromatic N) is 2. The zero-order valence-corrected chi connectivity index (χ0v) is 13.1. The number of rotatable bonds is 4. The highest BCUT2D eigenvalue weighted by Gasteiger charge is 2.13. The first kappa shape index (κ1) is 14.5. The Kier molecular flexibility index (Phi) is 4.29. The zero-order chi connectivity index (χ0) is 15.4. The Morgan fingerprint density at radius 1 is 1.23 bits per heavy atom. The first-order chi connectivity index (χ1) is 10.7. The number of carbonyl (C=O) groups excluding carboxylic acids is 1. The van der Waals surface area contributed by atoms with Crippen molar-refractivity contribution in [1.29, 1.82) is 0 Å². The van der Waals surface area contributed by atoms with Gasteiger partial charge in [-0.05, 0) is 23.8 Å². The monoisotopic (exact) mass is 357 g/mol. The van der Waals surface area contributed by atoms with Crippen molar-refractivity contribution in [1.82, 2.24) is 15.5 Å². The molecular formula is C16H12BrN3O2. The molecule has 1 aromatic carbocycles. The van der Waals surface area contributed by atoms with Gasteiger partial charge in [0.05, 0.1) is 0 Å². The molecule has 6 heteroatoms. The molecule has 0 aliphatic rings. The molecule has 110 valence electrons. The Morgan fingerprint density at radius 2 is 2.05 bits per heavy atom. The van der Waals surface area contributed by atoms with E-state index in [1.54, 1.807) is 18.5 Å². The highest BCUT2D eigenvalue weighted by molar-refractivity contribution is 9.10. The summed E-state index contributed by atoms with van der Waals surface area (Å²) in [5.41, 5.74) is 2.04. The lowest BCUT2D eigenvalue weighted by Gasteiger charge is -2.01. The van der Waals surface area contributed by atoms with Crippen LogP contribution in [0.15, 0.2) is 63.9 Å². The fraction of sp³-hybridized carbons (Fsp3) is 0.0625. The van der Waals surface area contributed by atoms with E-state index in [2.05, 4.69) is 31.4 Å². The number of carbonyl (C=O) groups is 1. The summed E-state index contributed by atoms with van der Waals surface area (Å²) in [6, 6.07) is 12.9. The molecule has 3 aromatic rings. The average Bonchev–Trinajstić information content (AvgIpc) is 3.04. The number of aromatic nitrogens is 2. The van der Waals surface area contributed by atoms with Crippen LogP contribution in [0.3, 0.4) is 0 Å². The van der Waals surface area contributed by atoms with Crippen molar-refractivity contribution in [3.8, 4) is 11.3 Å². The molecule has 2 aromatic heterocycles. The summed E-state index contributed by atoms with van der Waals surface area (Å²) >= 11 is 3.37. The number of pyridine rings is 1. The molecule has 5 nitrogen and oxygen atoms in total. The summed E-state index contributed by atoms with van der Waals surface area (Å²) in [5.74, 6) is 0.273. The van der Waals surface area contributed by atoms with E-state index in [0.29, 0.717) is 12.3 Å². The van der Waals surface area contributed by atoms with E-state index in [1.165, 1.54) is 0 Å². The Labute approximate surface area is 135 Å². The molecule has 1 amide bonds. The third-order valence-corrected chi connectivity index (χ3v) is 3.58. The van der Waals surface area contributed by atoms with Gasteiger partial charge in [-0.15, -0.1) is 0 Å². The summed E-state index contributed by atoms with van der Waals surface area (Å²) in [6.07, 6.45) is 3.39. The van der Waals surface area contributed by atoms with Crippen molar-refractivity contribution in [3.63, 3.8) is 0 Å². The molecule has 0 unspecified atom stereocenters. The number of benzene rings is 1. The first-order valence-electron chi connectivity index (χ1n) is 6.62. The standard InChI is InChI=1S/C16H12BrN3O2/c17-13-5-3-12(4-6-13)15-8-14(20-22-15)16(21)19-10-11-2-1-7-18-9-11/h1-9H,10H2,(H,19,21). The maximum atomic E-state index is 12.1. The highest BCUT2D eigenvalue weighted by Crippen LogP contribution is 2.22. The van der Waals surface area contributed by atoms with Crippen LogP contribution in [0.1, 0.15) is 16.1 Å². The van der Waals surface area contributed by atoms with Crippen LogP contribution in [0.2, 0.25) is 0 Å². The van der Waals surface area contributed by atoms with E-state index < -0.39 is 0 Å². The Hall–Kier alpha value is -2.47. The van der Waals surface area contributed by atoms with Gasteiger partial charge >= 0.3 is 0 Å². The lowest BCUT2D eigenvalue weighted by molar-refractivity contribution is 0.0942. The average molecular weight is 358 g/mol. The van der Waals surface area contributed by atoms with E-state index in [0.717, 1.165) is 15.6 Å². The lowest BCUT2D eigenvalue weighted by atomic mass is 10.1. The molecule has 3 rings (SSSR count). The Morgan fingerprint density at radius 3 is 2.77 bits per heavy atom. The largest absolute Gasteiger partial charge is 0.355 e. The van der Waals surface area contributed by atoms with Gasteiger partial charge in [-0.25, -0.2) is 0 Å². The molecule has 0 radical (unpaired) electrons. The molecule has 22 heavy (non-hydrogen) atoms. The number of halogens is 1. The molecule has 0 saturated heterocycles. The molecule has 0 aliphatic carbocycles.